The molecule has 1 unspecified atom stereocenters. The summed E-state index contributed by atoms with van der Waals surface area (Å²) in [6.45, 7) is 7.72. The summed E-state index contributed by atoms with van der Waals surface area (Å²) < 4.78 is 10.7. The van der Waals surface area contributed by atoms with Gasteiger partial charge in [0.25, 0.3) is 0 Å². The summed E-state index contributed by atoms with van der Waals surface area (Å²) in [6.07, 6.45) is 1.97. The highest BCUT2D eigenvalue weighted by atomic mass is 32.2. The fraction of sp³-hybridized carbons (Fsp3) is 0.310. The second-order valence-corrected chi connectivity index (χ2v) is 9.41. The van der Waals surface area contributed by atoms with E-state index in [2.05, 4.69) is 61.2 Å². The smallest absolute Gasteiger partial charge is 0.132 e. The van der Waals surface area contributed by atoms with E-state index in [-0.39, 0.29) is 6.10 Å². The molecule has 1 aliphatic rings. The fourth-order valence-electron chi connectivity index (χ4n) is 4.05. The van der Waals surface area contributed by atoms with Gasteiger partial charge in [0.05, 0.1) is 25.6 Å². The van der Waals surface area contributed by atoms with E-state index in [1.54, 1.807) is 14.2 Å². The second-order valence-electron chi connectivity index (χ2n) is 8.24. The van der Waals surface area contributed by atoms with Crippen molar-refractivity contribution in [2.24, 2.45) is 0 Å². The lowest BCUT2D eigenvalue weighted by Gasteiger charge is -2.23. The molecule has 4 rings (SSSR count). The van der Waals surface area contributed by atoms with E-state index in [0.29, 0.717) is 0 Å². The zero-order valence-electron chi connectivity index (χ0n) is 20.9. The number of ether oxygens (including phenoxy) is 2. The van der Waals surface area contributed by atoms with Crippen LogP contribution in [-0.2, 0) is 4.84 Å². The van der Waals surface area contributed by atoms with Crippen LogP contribution in [0.2, 0.25) is 0 Å². The normalized spacial score (nSPS) is 15.4. The van der Waals surface area contributed by atoms with E-state index in [1.165, 1.54) is 4.90 Å². The van der Waals surface area contributed by atoms with Gasteiger partial charge in [0.2, 0.25) is 0 Å². The number of hydroxylamine groups is 1. The highest BCUT2D eigenvalue weighted by Gasteiger charge is 2.28. The molecule has 3 aromatic rings. The molecule has 0 amide bonds. The first kappa shape index (κ1) is 25.2. The van der Waals surface area contributed by atoms with Gasteiger partial charge in [0.15, 0.2) is 0 Å². The summed E-state index contributed by atoms with van der Waals surface area (Å²) >= 11 is 1.89. The molecule has 6 heteroatoms. The summed E-state index contributed by atoms with van der Waals surface area (Å²) in [5.41, 5.74) is 4.15. The summed E-state index contributed by atoms with van der Waals surface area (Å²) in [7, 11) is 3.36. The molecule has 1 atom stereocenters. The van der Waals surface area contributed by atoms with Crippen molar-refractivity contribution < 1.29 is 14.3 Å². The van der Waals surface area contributed by atoms with Crippen LogP contribution in [-0.4, -0.2) is 44.5 Å². The number of hydrogen-bond acceptors (Lipinski definition) is 6. The molecule has 0 radical (unpaired) electrons. The van der Waals surface area contributed by atoms with Gasteiger partial charge in [-0.1, -0.05) is 26.0 Å². The minimum atomic E-state index is -0.193. The number of thioether (sulfide) groups is 1. The monoisotopic (exact) mass is 490 g/mol. The van der Waals surface area contributed by atoms with Crippen LogP contribution in [0.3, 0.4) is 0 Å². The molecule has 0 N–H and O–H groups in total. The molecule has 0 aliphatic carbocycles. The van der Waals surface area contributed by atoms with Gasteiger partial charge in [-0.25, -0.2) is 5.06 Å². The maximum atomic E-state index is 6.47. The van der Waals surface area contributed by atoms with Gasteiger partial charge in [0, 0.05) is 22.8 Å². The van der Waals surface area contributed by atoms with Crippen LogP contribution in [0.1, 0.15) is 31.1 Å². The van der Waals surface area contributed by atoms with Crippen molar-refractivity contribution in [3.63, 3.8) is 0 Å². The molecular weight excluding hydrogens is 456 g/mol. The highest BCUT2D eigenvalue weighted by Crippen LogP contribution is 2.40. The van der Waals surface area contributed by atoms with Crippen LogP contribution in [0.15, 0.2) is 83.8 Å². The summed E-state index contributed by atoms with van der Waals surface area (Å²) in [5, 5.41) is 1.93. The van der Waals surface area contributed by atoms with Gasteiger partial charge in [-0.05, 0) is 85.4 Å². The topological polar surface area (TPSA) is 34.2 Å². The van der Waals surface area contributed by atoms with Crippen molar-refractivity contribution in [2.75, 3.05) is 44.7 Å². The Kier molecular flexibility index (Phi) is 8.74. The molecular formula is C29H34N2O3S. The maximum Gasteiger partial charge on any atom is 0.132 e. The van der Waals surface area contributed by atoms with Crippen molar-refractivity contribution >= 4 is 23.1 Å². The third-order valence-electron chi connectivity index (χ3n) is 6.22. The highest BCUT2D eigenvalue weighted by molar-refractivity contribution is 7.99. The quantitative estimate of drug-likeness (QED) is 0.279. The number of nitrogens with zero attached hydrogens (tertiary/aromatic N) is 2. The number of anilines is 1. The summed E-state index contributed by atoms with van der Waals surface area (Å²) in [5.74, 6) is 2.74. The number of rotatable bonds is 11. The third-order valence-corrected chi connectivity index (χ3v) is 7.21. The van der Waals surface area contributed by atoms with Crippen molar-refractivity contribution in [1.82, 2.24) is 4.90 Å². The molecule has 3 aromatic carbocycles. The molecule has 0 aromatic heterocycles. The molecule has 0 bridgehead atoms. The van der Waals surface area contributed by atoms with Gasteiger partial charge < -0.3 is 14.4 Å². The predicted molar refractivity (Wildman–Crippen MR) is 145 cm³/mol. The minimum Gasteiger partial charge on any atom is -0.497 e. The van der Waals surface area contributed by atoms with Crippen molar-refractivity contribution in [2.45, 2.75) is 24.8 Å². The average Bonchev–Trinajstić information content (AvgIpc) is 3.37. The predicted octanol–water partition coefficient (Wildman–Crippen LogP) is 6.67. The largest absolute Gasteiger partial charge is 0.497 e. The lowest BCUT2D eigenvalue weighted by atomic mass is 10.1. The molecule has 0 saturated carbocycles. The van der Waals surface area contributed by atoms with Gasteiger partial charge in [0.1, 0.15) is 17.6 Å². The number of methoxy groups -OCH3 is 2. The Morgan fingerprint density at radius 1 is 0.829 bits per heavy atom. The Labute approximate surface area is 213 Å². The van der Waals surface area contributed by atoms with E-state index in [9.17, 15) is 0 Å². The molecule has 0 spiro atoms. The zero-order valence-corrected chi connectivity index (χ0v) is 21.8. The van der Waals surface area contributed by atoms with Crippen molar-refractivity contribution in [1.29, 1.82) is 0 Å². The van der Waals surface area contributed by atoms with Gasteiger partial charge in [-0.2, -0.15) is 0 Å². The molecule has 0 saturated heterocycles. The standard InChI is InChI=1S/C29H34N2O3S/c1-5-30(6-2)19-20-35-27-17-11-24(12-18-27)31-28(22-7-13-25(32-3)14-8-22)21-29(34-31)23-9-15-26(33-4)16-10-23/h7-18,21,29H,5-6,19-20H2,1-4H3. The van der Waals surface area contributed by atoms with Crippen LogP contribution in [0.5, 0.6) is 11.5 Å². The Morgan fingerprint density at radius 3 is 2.00 bits per heavy atom. The van der Waals surface area contributed by atoms with Gasteiger partial charge in [-0.15, -0.1) is 11.8 Å². The van der Waals surface area contributed by atoms with E-state index < -0.39 is 0 Å². The fourth-order valence-corrected chi connectivity index (χ4v) is 4.96. The molecule has 0 fully saturated rings. The van der Waals surface area contributed by atoms with Gasteiger partial charge >= 0.3 is 0 Å². The summed E-state index contributed by atoms with van der Waals surface area (Å²) in [6, 6.07) is 24.7. The molecule has 184 valence electrons. The molecule has 1 aliphatic heterocycles. The van der Waals surface area contributed by atoms with Gasteiger partial charge in [-0.3, -0.25) is 4.84 Å². The molecule has 5 nitrogen and oxygen atoms in total. The second kappa shape index (κ2) is 12.2. The first-order chi connectivity index (χ1) is 17.1. The first-order valence-corrected chi connectivity index (χ1v) is 13.1. The van der Waals surface area contributed by atoms with Crippen LogP contribution in [0.4, 0.5) is 5.69 Å². The van der Waals surface area contributed by atoms with Crippen molar-refractivity contribution in [3.05, 3.63) is 90.0 Å². The number of benzene rings is 3. The molecule has 35 heavy (non-hydrogen) atoms. The van der Waals surface area contributed by atoms with Crippen LogP contribution in [0.25, 0.3) is 5.70 Å². The Hall–Kier alpha value is -2.93. The summed E-state index contributed by atoms with van der Waals surface area (Å²) in [4.78, 5) is 10.2. The van der Waals surface area contributed by atoms with E-state index in [1.807, 2.05) is 53.2 Å². The Bertz CT molecular complexity index is 1090. The number of hydrogen-bond donors (Lipinski definition) is 0. The molecule has 1 heterocycles. The van der Waals surface area contributed by atoms with Crippen LogP contribution >= 0.6 is 11.8 Å². The van der Waals surface area contributed by atoms with E-state index in [0.717, 1.165) is 59.4 Å². The minimum absolute atomic E-state index is 0.193. The first-order valence-electron chi connectivity index (χ1n) is 12.1. The van der Waals surface area contributed by atoms with E-state index in [4.69, 9.17) is 14.3 Å². The lowest BCUT2D eigenvalue weighted by molar-refractivity contribution is 0.105. The van der Waals surface area contributed by atoms with E-state index >= 15 is 0 Å². The van der Waals surface area contributed by atoms with Crippen LogP contribution < -0.4 is 14.5 Å². The lowest BCUT2D eigenvalue weighted by Crippen LogP contribution is -2.25. The SMILES string of the molecule is CCN(CC)CCSc1ccc(N2OC(c3ccc(OC)cc3)C=C2c2ccc(OC)cc2)cc1. The maximum absolute atomic E-state index is 6.47. The average molecular weight is 491 g/mol. The Balaban J connectivity index is 1.54. The van der Waals surface area contributed by atoms with Crippen LogP contribution in [0, 0.1) is 0 Å². The third kappa shape index (κ3) is 6.20. The van der Waals surface area contributed by atoms with Crippen molar-refractivity contribution in [3.8, 4) is 11.5 Å². The zero-order chi connectivity index (χ0) is 24.6. The Morgan fingerprint density at radius 2 is 1.43 bits per heavy atom.